The highest BCUT2D eigenvalue weighted by Gasteiger charge is 2.14. The van der Waals surface area contributed by atoms with E-state index in [1.165, 1.54) is 0 Å². The van der Waals surface area contributed by atoms with Crippen molar-refractivity contribution in [2.75, 3.05) is 26.4 Å². The molecule has 1 aromatic heterocycles. The molecule has 1 aliphatic rings. The van der Waals surface area contributed by atoms with Crippen molar-refractivity contribution in [3.8, 4) is 5.75 Å². The summed E-state index contributed by atoms with van der Waals surface area (Å²) in [5.74, 6) is 0.847. The van der Waals surface area contributed by atoms with Gasteiger partial charge in [0.1, 0.15) is 5.75 Å². The normalized spacial score (nSPS) is 20.7. The van der Waals surface area contributed by atoms with E-state index in [2.05, 4.69) is 4.98 Å². The number of ether oxygens (including phenoxy) is 3. The minimum Gasteiger partial charge on any atom is -0.492 e. The number of aromatic nitrogens is 1. The summed E-state index contributed by atoms with van der Waals surface area (Å²) in [4.78, 5) is 4.03. The SMILES string of the molecule is Cc1ccncc1OCCC1COCCO1. The molecular weight excluding hydrogens is 206 g/mol. The molecule has 1 unspecified atom stereocenters. The first-order valence-electron chi connectivity index (χ1n) is 5.59. The van der Waals surface area contributed by atoms with Crippen LogP contribution < -0.4 is 4.74 Å². The fraction of sp³-hybridized carbons (Fsp3) is 0.583. The van der Waals surface area contributed by atoms with Gasteiger partial charge in [-0.05, 0) is 18.6 Å². The fourth-order valence-electron chi connectivity index (χ4n) is 1.60. The van der Waals surface area contributed by atoms with Crippen molar-refractivity contribution in [2.24, 2.45) is 0 Å². The van der Waals surface area contributed by atoms with Crippen LogP contribution in [-0.2, 0) is 9.47 Å². The Morgan fingerprint density at radius 1 is 1.50 bits per heavy atom. The van der Waals surface area contributed by atoms with Crippen LogP contribution in [0.25, 0.3) is 0 Å². The average Bonchev–Trinajstić information content (AvgIpc) is 2.33. The topological polar surface area (TPSA) is 40.6 Å². The summed E-state index contributed by atoms with van der Waals surface area (Å²) < 4.78 is 16.5. The summed E-state index contributed by atoms with van der Waals surface area (Å²) in [5, 5.41) is 0. The predicted molar refractivity (Wildman–Crippen MR) is 59.6 cm³/mol. The van der Waals surface area contributed by atoms with Gasteiger partial charge >= 0.3 is 0 Å². The van der Waals surface area contributed by atoms with Gasteiger partial charge in [0.15, 0.2) is 0 Å². The highest BCUT2D eigenvalue weighted by molar-refractivity contribution is 5.27. The monoisotopic (exact) mass is 223 g/mol. The number of rotatable bonds is 4. The van der Waals surface area contributed by atoms with E-state index in [1.54, 1.807) is 12.4 Å². The van der Waals surface area contributed by atoms with Crippen LogP contribution in [0.1, 0.15) is 12.0 Å². The summed E-state index contributed by atoms with van der Waals surface area (Å²) >= 11 is 0. The standard InChI is InChI=1S/C12H17NO3/c1-10-2-4-13-8-12(10)16-5-3-11-9-14-6-7-15-11/h2,4,8,11H,3,5-7,9H2,1H3. The number of nitrogens with zero attached hydrogens (tertiary/aromatic N) is 1. The van der Waals surface area contributed by atoms with Crippen LogP contribution in [0, 0.1) is 6.92 Å². The molecule has 1 aliphatic heterocycles. The highest BCUT2D eigenvalue weighted by atomic mass is 16.6. The van der Waals surface area contributed by atoms with Crippen molar-refractivity contribution in [3.63, 3.8) is 0 Å². The summed E-state index contributed by atoms with van der Waals surface area (Å²) in [7, 11) is 0. The first-order valence-corrected chi connectivity index (χ1v) is 5.59. The van der Waals surface area contributed by atoms with E-state index in [1.807, 2.05) is 13.0 Å². The molecule has 0 radical (unpaired) electrons. The Kier molecular flexibility index (Phi) is 4.13. The third-order valence-electron chi connectivity index (χ3n) is 2.57. The molecule has 16 heavy (non-hydrogen) atoms. The van der Waals surface area contributed by atoms with Crippen LogP contribution in [0.4, 0.5) is 0 Å². The molecule has 88 valence electrons. The second-order valence-corrected chi connectivity index (χ2v) is 3.85. The maximum absolute atomic E-state index is 5.64. The van der Waals surface area contributed by atoms with Gasteiger partial charge in [0.25, 0.3) is 0 Å². The summed E-state index contributed by atoms with van der Waals surface area (Å²) in [6, 6.07) is 1.94. The van der Waals surface area contributed by atoms with E-state index in [9.17, 15) is 0 Å². The van der Waals surface area contributed by atoms with E-state index in [0.29, 0.717) is 26.4 Å². The van der Waals surface area contributed by atoms with Gasteiger partial charge in [-0.1, -0.05) is 0 Å². The van der Waals surface area contributed by atoms with Crippen molar-refractivity contribution < 1.29 is 14.2 Å². The summed E-state index contributed by atoms with van der Waals surface area (Å²) in [5.41, 5.74) is 1.11. The number of pyridine rings is 1. The van der Waals surface area contributed by atoms with Crippen molar-refractivity contribution in [1.82, 2.24) is 4.98 Å². The van der Waals surface area contributed by atoms with Gasteiger partial charge in [-0.2, -0.15) is 0 Å². The van der Waals surface area contributed by atoms with Crippen molar-refractivity contribution in [3.05, 3.63) is 24.0 Å². The minimum atomic E-state index is 0.172. The zero-order valence-electron chi connectivity index (χ0n) is 9.52. The predicted octanol–water partition coefficient (Wildman–Crippen LogP) is 1.57. The van der Waals surface area contributed by atoms with E-state index in [-0.39, 0.29) is 6.10 Å². The van der Waals surface area contributed by atoms with E-state index >= 15 is 0 Å². The van der Waals surface area contributed by atoms with Crippen LogP contribution in [0.5, 0.6) is 5.75 Å². The Hall–Kier alpha value is -1.13. The molecule has 0 saturated carbocycles. The van der Waals surface area contributed by atoms with Crippen LogP contribution >= 0.6 is 0 Å². The molecule has 1 fully saturated rings. The van der Waals surface area contributed by atoms with Gasteiger partial charge in [0.2, 0.25) is 0 Å². The average molecular weight is 223 g/mol. The van der Waals surface area contributed by atoms with Gasteiger partial charge in [-0.25, -0.2) is 0 Å². The smallest absolute Gasteiger partial charge is 0.140 e. The van der Waals surface area contributed by atoms with Crippen LogP contribution in [0.3, 0.4) is 0 Å². The lowest BCUT2D eigenvalue weighted by Gasteiger charge is -2.22. The van der Waals surface area contributed by atoms with Gasteiger partial charge in [-0.3, -0.25) is 4.98 Å². The Morgan fingerprint density at radius 3 is 3.19 bits per heavy atom. The molecule has 4 nitrogen and oxygen atoms in total. The molecule has 0 bridgehead atoms. The van der Waals surface area contributed by atoms with Gasteiger partial charge in [-0.15, -0.1) is 0 Å². The van der Waals surface area contributed by atoms with Crippen molar-refractivity contribution in [1.29, 1.82) is 0 Å². The molecule has 1 atom stereocenters. The van der Waals surface area contributed by atoms with Crippen LogP contribution in [-0.4, -0.2) is 37.5 Å². The lowest BCUT2D eigenvalue weighted by Crippen LogP contribution is -2.29. The fourth-order valence-corrected chi connectivity index (χ4v) is 1.60. The van der Waals surface area contributed by atoms with Crippen LogP contribution in [0.15, 0.2) is 18.5 Å². The van der Waals surface area contributed by atoms with E-state index in [4.69, 9.17) is 14.2 Å². The largest absolute Gasteiger partial charge is 0.492 e. The maximum atomic E-state index is 5.64. The van der Waals surface area contributed by atoms with Gasteiger partial charge in [0.05, 0.1) is 38.7 Å². The Bertz CT molecular complexity index is 324. The Balaban J connectivity index is 1.73. The third kappa shape index (κ3) is 3.18. The molecule has 4 heteroatoms. The molecule has 1 saturated heterocycles. The molecular formula is C12H17NO3. The summed E-state index contributed by atoms with van der Waals surface area (Å²) in [6.07, 6.45) is 4.54. The number of hydrogen-bond donors (Lipinski definition) is 0. The van der Waals surface area contributed by atoms with Gasteiger partial charge < -0.3 is 14.2 Å². The number of hydrogen-bond acceptors (Lipinski definition) is 4. The lowest BCUT2D eigenvalue weighted by atomic mass is 10.2. The quantitative estimate of drug-likeness (QED) is 0.777. The minimum absolute atomic E-state index is 0.172. The van der Waals surface area contributed by atoms with Crippen molar-refractivity contribution >= 4 is 0 Å². The third-order valence-corrected chi connectivity index (χ3v) is 2.57. The second kappa shape index (κ2) is 5.82. The molecule has 0 spiro atoms. The number of aryl methyl sites for hydroxylation is 1. The highest BCUT2D eigenvalue weighted by Crippen LogP contribution is 2.15. The molecule has 1 aromatic rings. The zero-order chi connectivity index (χ0) is 11.2. The first-order chi connectivity index (χ1) is 7.86. The Morgan fingerprint density at radius 2 is 2.44 bits per heavy atom. The molecule has 0 amide bonds. The molecule has 2 rings (SSSR count). The molecule has 0 aliphatic carbocycles. The molecule has 2 heterocycles. The molecule has 0 N–H and O–H groups in total. The molecule has 0 aromatic carbocycles. The van der Waals surface area contributed by atoms with Crippen LogP contribution in [0.2, 0.25) is 0 Å². The zero-order valence-corrected chi connectivity index (χ0v) is 9.52. The first kappa shape index (κ1) is 11.4. The lowest BCUT2D eigenvalue weighted by molar-refractivity contribution is -0.0935. The van der Waals surface area contributed by atoms with Gasteiger partial charge in [0, 0.05) is 12.6 Å². The maximum Gasteiger partial charge on any atom is 0.140 e. The second-order valence-electron chi connectivity index (χ2n) is 3.85. The van der Waals surface area contributed by atoms with E-state index < -0.39 is 0 Å². The van der Waals surface area contributed by atoms with E-state index in [0.717, 1.165) is 17.7 Å². The van der Waals surface area contributed by atoms with Crippen molar-refractivity contribution in [2.45, 2.75) is 19.4 Å². The Labute approximate surface area is 95.5 Å². The summed E-state index contributed by atoms with van der Waals surface area (Å²) in [6.45, 7) is 4.73.